The minimum Gasteiger partial charge on any atom is -0.618 e. The molecule has 0 radical (unpaired) electrons. The van der Waals surface area contributed by atoms with E-state index in [1.807, 2.05) is 6.07 Å². The molecule has 1 atom stereocenters. The first kappa shape index (κ1) is 17.4. The number of carbonyl (C=O) groups excluding carboxylic acids is 1. The number of hydrogen-bond donors (Lipinski definition) is 1. The molecule has 0 saturated heterocycles. The Morgan fingerprint density at radius 1 is 1.19 bits per heavy atom. The van der Waals surface area contributed by atoms with Crippen LogP contribution in [0.15, 0.2) is 70.0 Å². The van der Waals surface area contributed by atoms with Gasteiger partial charge in [0.1, 0.15) is 11.5 Å². The van der Waals surface area contributed by atoms with E-state index in [2.05, 4.69) is 0 Å². The Labute approximate surface area is 149 Å². The van der Waals surface area contributed by atoms with Gasteiger partial charge in [-0.25, -0.2) is 4.79 Å². The van der Waals surface area contributed by atoms with Gasteiger partial charge in [0.05, 0.1) is 5.56 Å². The van der Waals surface area contributed by atoms with E-state index in [-0.39, 0.29) is 29.2 Å². The number of aromatic nitrogens is 1. The number of hydrogen-bond acceptors (Lipinski definition) is 5. The first-order chi connectivity index (χ1) is 12.5. The third-order valence-electron chi connectivity index (χ3n) is 4.14. The number of aryl methyl sites for hydroxylation is 1. The van der Waals surface area contributed by atoms with Gasteiger partial charge in [0.25, 0.3) is 5.69 Å². The smallest absolute Gasteiger partial charge is 0.343 e. The maximum atomic E-state index is 12.7. The summed E-state index contributed by atoms with van der Waals surface area (Å²) >= 11 is 0. The number of pyridine rings is 1. The van der Waals surface area contributed by atoms with Crippen molar-refractivity contribution < 1.29 is 19.0 Å². The molecule has 3 aromatic rings. The molecule has 0 fully saturated rings. The van der Waals surface area contributed by atoms with Crippen LogP contribution in [-0.2, 0) is 0 Å². The topological polar surface area (TPSA) is 94.5 Å². The average molecular weight is 351 g/mol. The molecule has 0 aliphatic rings. The summed E-state index contributed by atoms with van der Waals surface area (Å²) in [5.41, 5.74) is -0.0548. The molecule has 3 rings (SSSR count). The van der Waals surface area contributed by atoms with Crippen LogP contribution in [0, 0.1) is 12.1 Å². The highest BCUT2D eigenvalue weighted by atomic mass is 16.5. The second kappa shape index (κ2) is 7.23. The minimum atomic E-state index is -0.735. The molecule has 0 unspecified atom stereocenters. The Kier molecular flexibility index (Phi) is 4.84. The van der Waals surface area contributed by atoms with Gasteiger partial charge >= 0.3 is 5.63 Å². The first-order valence-electron chi connectivity index (χ1n) is 8.07. The summed E-state index contributed by atoms with van der Waals surface area (Å²) in [5, 5.41) is 22.2. The van der Waals surface area contributed by atoms with E-state index in [1.54, 1.807) is 37.3 Å². The zero-order chi connectivity index (χ0) is 18.7. The fourth-order valence-corrected chi connectivity index (χ4v) is 2.93. The number of Topliss-reactive ketones (excluding diaryl/α,β-unsaturated/α-hetero) is 1. The maximum absolute atomic E-state index is 12.7. The number of rotatable bonds is 5. The highest BCUT2D eigenvalue weighted by Gasteiger charge is 2.28. The second-order valence-electron chi connectivity index (χ2n) is 5.95. The van der Waals surface area contributed by atoms with E-state index in [9.17, 15) is 19.9 Å². The van der Waals surface area contributed by atoms with Crippen LogP contribution in [-0.4, -0.2) is 10.9 Å². The van der Waals surface area contributed by atoms with Crippen LogP contribution in [0.25, 0.3) is 0 Å². The molecule has 132 valence electrons. The van der Waals surface area contributed by atoms with Gasteiger partial charge < -0.3 is 14.7 Å². The number of ketones is 1. The molecule has 0 aliphatic heterocycles. The van der Waals surface area contributed by atoms with Crippen molar-refractivity contribution in [3.05, 3.63) is 99.0 Å². The van der Waals surface area contributed by atoms with Crippen LogP contribution < -0.4 is 10.4 Å². The molecule has 26 heavy (non-hydrogen) atoms. The van der Waals surface area contributed by atoms with Gasteiger partial charge in [-0.1, -0.05) is 30.3 Å². The predicted octanol–water partition coefficient (Wildman–Crippen LogP) is 2.69. The summed E-state index contributed by atoms with van der Waals surface area (Å²) in [6.45, 7) is 1.55. The van der Waals surface area contributed by atoms with Crippen molar-refractivity contribution in [3.8, 4) is 5.75 Å². The molecule has 1 N–H and O–H groups in total. The molecule has 0 bridgehead atoms. The molecular weight excluding hydrogens is 334 g/mol. The third-order valence-corrected chi connectivity index (χ3v) is 4.14. The third kappa shape index (κ3) is 3.49. The summed E-state index contributed by atoms with van der Waals surface area (Å²) in [5.74, 6) is -1.13. The highest BCUT2D eigenvalue weighted by Crippen LogP contribution is 2.32. The van der Waals surface area contributed by atoms with Crippen LogP contribution in [0.1, 0.15) is 39.7 Å². The molecule has 0 saturated carbocycles. The van der Waals surface area contributed by atoms with Crippen LogP contribution in [0.4, 0.5) is 0 Å². The van der Waals surface area contributed by atoms with E-state index in [0.29, 0.717) is 10.3 Å². The monoisotopic (exact) mass is 351 g/mol. The van der Waals surface area contributed by atoms with E-state index in [4.69, 9.17) is 4.42 Å². The summed E-state index contributed by atoms with van der Waals surface area (Å²) in [6.07, 6.45) is 1.08. The summed E-state index contributed by atoms with van der Waals surface area (Å²) in [6, 6.07) is 14.8. The van der Waals surface area contributed by atoms with E-state index in [0.717, 1.165) is 0 Å². The quantitative estimate of drug-likeness (QED) is 0.433. The fourth-order valence-electron chi connectivity index (χ4n) is 2.93. The van der Waals surface area contributed by atoms with Gasteiger partial charge in [-0.15, -0.1) is 0 Å². The molecule has 1 aromatic carbocycles. The lowest BCUT2D eigenvalue weighted by Gasteiger charge is -2.17. The lowest BCUT2D eigenvalue weighted by molar-refractivity contribution is -0.607. The SMILES string of the molecule is Cc1cc(O)c([C@H](CC(=O)c2cccc[n+]2[O-])c2ccccc2)c(=O)o1. The molecule has 6 heteroatoms. The van der Waals surface area contributed by atoms with Crippen molar-refractivity contribution in [3.63, 3.8) is 0 Å². The van der Waals surface area contributed by atoms with Crippen molar-refractivity contribution in [1.29, 1.82) is 0 Å². The predicted molar refractivity (Wildman–Crippen MR) is 94.0 cm³/mol. The molecule has 0 spiro atoms. The van der Waals surface area contributed by atoms with Crippen LogP contribution in [0.3, 0.4) is 0 Å². The largest absolute Gasteiger partial charge is 0.618 e. The van der Waals surface area contributed by atoms with Crippen molar-refractivity contribution in [1.82, 2.24) is 0 Å². The standard InChI is InChI=1S/C20H17NO5/c1-13-11-18(23)19(20(24)26-13)15(14-7-3-2-4-8-14)12-17(22)16-9-5-6-10-21(16)25/h2-11,15,23H,12H2,1H3/t15-/m1/s1. The van der Waals surface area contributed by atoms with E-state index in [1.165, 1.54) is 24.4 Å². The van der Waals surface area contributed by atoms with Crippen molar-refractivity contribution in [2.45, 2.75) is 19.3 Å². The Balaban J connectivity index is 2.08. The number of benzene rings is 1. The molecule has 6 nitrogen and oxygen atoms in total. The molecular formula is C20H17NO5. The zero-order valence-electron chi connectivity index (χ0n) is 14.1. The fraction of sp³-hybridized carbons (Fsp3) is 0.150. The Bertz CT molecular complexity index is 995. The Hall–Kier alpha value is -3.41. The normalized spacial score (nSPS) is 11.9. The number of aromatic hydroxyl groups is 1. The van der Waals surface area contributed by atoms with Crippen molar-refractivity contribution in [2.75, 3.05) is 0 Å². The first-order valence-corrected chi connectivity index (χ1v) is 8.07. The Morgan fingerprint density at radius 3 is 2.54 bits per heavy atom. The van der Waals surface area contributed by atoms with Crippen LogP contribution in [0.5, 0.6) is 5.75 Å². The van der Waals surface area contributed by atoms with E-state index >= 15 is 0 Å². The number of carbonyl (C=O) groups is 1. The highest BCUT2D eigenvalue weighted by molar-refractivity contribution is 5.93. The average Bonchev–Trinajstić information content (AvgIpc) is 2.61. The van der Waals surface area contributed by atoms with Gasteiger partial charge in [-0.05, 0) is 18.6 Å². The lowest BCUT2D eigenvalue weighted by Crippen LogP contribution is -2.34. The summed E-state index contributed by atoms with van der Waals surface area (Å²) in [7, 11) is 0. The second-order valence-corrected chi connectivity index (χ2v) is 5.95. The summed E-state index contributed by atoms with van der Waals surface area (Å²) < 4.78 is 5.60. The van der Waals surface area contributed by atoms with Gasteiger partial charge in [0.15, 0.2) is 6.20 Å². The van der Waals surface area contributed by atoms with Crippen molar-refractivity contribution >= 4 is 5.78 Å². The maximum Gasteiger partial charge on any atom is 0.343 e. The molecule has 2 heterocycles. The van der Waals surface area contributed by atoms with E-state index < -0.39 is 17.3 Å². The lowest BCUT2D eigenvalue weighted by atomic mass is 9.86. The summed E-state index contributed by atoms with van der Waals surface area (Å²) in [4.78, 5) is 25.0. The van der Waals surface area contributed by atoms with Crippen molar-refractivity contribution in [2.24, 2.45) is 0 Å². The molecule has 0 amide bonds. The molecule has 0 aliphatic carbocycles. The Morgan fingerprint density at radius 2 is 1.88 bits per heavy atom. The molecule has 2 aromatic heterocycles. The van der Waals surface area contributed by atoms with Gasteiger partial charge in [0.2, 0.25) is 5.78 Å². The minimum absolute atomic E-state index is 0.00327. The zero-order valence-corrected chi connectivity index (χ0v) is 14.1. The van der Waals surface area contributed by atoms with Crippen LogP contribution >= 0.6 is 0 Å². The number of nitrogens with zero attached hydrogens (tertiary/aromatic N) is 1. The van der Waals surface area contributed by atoms with Gasteiger partial charge in [-0.2, -0.15) is 4.73 Å². The van der Waals surface area contributed by atoms with Crippen LogP contribution in [0.2, 0.25) is 0 Å². The van der Waals surface area contributed by atoms with Gasteiger partial charge in [-0.3, -0.25) is 4.79 Å². The van der Waals surface area contributed by atoms with Gasteiger partial charge in [0, 0.05) is 30.5 Å².